The SMILES string of the molecule is COc1ccc(N2C(=O)NC(=O)/C(=C/c3ccc(-c4cccc([N+](=O)[O-])c4)o3)C2=O)cc1Cl. The maximum Gasteiger partial charge on any atom is 0.335 e. The lowest BCUT2D eigenvalue weighted by Gasteiger charge is -2.26. The van der Waals surface area contributed by atoms with Crippen molar-refractivity contribution in [3.63, 3.8) is 0 Å². The van der Waals surface area contributed by atoms with Crippen LogP contribution in [-0.2, 0) is 9.59 Å². The van der Waals surface area contributed by atoms with Gasteiger partial charge in [-0.2, -0.15) is 0 Å². The van der Waals surface area contributed by atoms with Crippen molar-refractivity contribution < 1.29 is 28.5 Å². The van der Waals surface area contributed by atoms with E-state index in [9.17, 15) is 24.5 Å². The molecule has 10 nitrogen and oxygen atoms in total. The van der Waals surface area contributed by atoms with Crippen LogP contribution in [0.4, 0.5) is 16.2 Å². The molecule has 4 rings (SSSR count). The standard InChI is InChI=1S/C22H14ClN3O7/c1-32-19-7-5-13(10-17(19)23)25-21(28)16(20(27)24-22(25)29)11-15-6-8-18(33-15)12-3-2-4-14(9-12)26(30)31/h2-11H,1H3,(H,24,27,29)/b16-11-. The Hall–Kier alpha value is -4.44. The first kappa shape index (κ1) is 21.8. The minimum absolute atomic E-state index is 0.113. The van der Waals surface area contributed by atoms with Crippen molar-refractivity contribution in [3.8, 4) is 17.1 Å². The Morgan fingerprint density at radius 1 is 1.12 bits per heavy atom. The highest BCUT2D eigenvalue weighted by Gasteiger charge is 2.37. The third-order valence-electron chi connectivity index (χ3n) is 4.75. The minimum atomic E-state index is -0.930. The van der Waals surface area contributed by atoms with Gasteiger partial charge >= 0.3 is 6.03 Å². The van der Waals surface area contributed by atoms with E-state index in [4.69, 9.17) is 20.8 Å². The van der Waals surface area contributed by atoms with Crippen LogP contribution in [-0.4, -0.2) is 29.9 Å². The Kier molecular flexibility index (Phi) is 5.67. The average Bonchev–Trinajstić information content (AvgIpc) is 3.25. The van der Waals surface area contributed by atoms with E-state index in [0.717, 1.165) is 4.90 Å². The number of carbonyl (C=O) groups is 3. The normalized spacial score (nSPS) is 15.0. The third-order valence-corrected chi connectivity index (χ3v) is 5.05. The first-order chi connectivity index (χ1) is 15.8. The monoisotopic (exact) mass is 467 g/mol. The summed E-state index contributed by atoms with van der Waals surface area (Å²) in [5.41, 5.74) is 0.121. The number of halogens is 1. The third kappa shape index (κ3) is 4.19. The van der Waals surface area contributed by atoms with Gasteiger partial charge in [-0.05, 0) is 36.4 Å². The number of nitrogens with zero attached hydrogens (tertiary/aromatic N) is 2. The zero-order valence-corrected chi connectivity index (χ0v) is 17.7. The van der Waals surface area contributed by atoms with Crippen molar-refractivity contribution in [1.29, 1.82) is 0 Å². The van der Waals surface area contributed by atoms with Gasteiger partial charge in [0, 0.05) is 17.7 Å². The summed E-state index contributed by atoms with van der Waals surface area (Å²) in [5.74, 6) is -0.991. The number of non-ortho nitro benzene ring substituents is 1. The van der Waals surface area contributed by atoms with E-state index in [1.54, 1.807) is 12.1 Å². The molecule has 0 radical (unpaired) electrons. The largest absolute Gasteiger partial charge is 0.495 e. The molecular formula is C22H14ClN3O7. The number of urea groups is 1. The highest BCUT2D eigenvalue weighted by atomic mass is 35.5. The van der Waals surface area contributed by atoms with E-state index in [1.165, 1.54) is 55.7 Å². The number of nitro groups is 1. The topological polar surface area (TPSA) is 132 Å². The van der Waals surface area contributed by atoms with Crippen LogP contribution in [0.3, 0.4) is 0 Å². The quantitative estimate of drug-likeness (QED) is 0.257. The molecule has 0 spiro atoms. The Morgan fingerprint density at radius 3 is 2.61 bits per heavy atom. The molecule has 0 atom stereocenters. The number of ether oxygens (including phenoxy) is 1. The number of rotatable bonds is 5. The second-order valence-electron chi connectivity index (χ2n) is 6.79. The number of nitrogens with one attached hydrogen (secondary N) is 1. The molecule has 1 aliphatic heterocycles. The summed E-state index contributed by atoms with van der Waals surface area (Å²) in [6, 6.07) is 12.2. The van der Waals surface area contributed by atoms with Gasteiger partial charge in [-0.25, -0.2) is 9.69 Å². The van der Waals surface area contributed by atoms with Crippen LogP contribution < -0.4 is 15.0 Å². The molecule has 1 aromatic heterocycles. The number of amides is 4. The summed E-state index contributed by atoms with van der Waals surface area (Å²) in [7, 11) is 1.42. The van der Waals surface area contributed by atoms with Gasteiger partial charge in [0.2, 0.25) is 0 Å². The fraction of sp³-hybridized carbons (Fsp3) is 0.0455. The van der Waals surface area contributed by atoms with Gasteiger partial charge in [-0.1, -0.05) is 23.7 Å². The molecule has 33 heavy (non-hydrogen) atoms. The van der Waals surface area contributed by atoms with Crippen molar-refractivity contribution in [2.45, 2.75) is 0 Å². The van der Waals surface area contributed by atoms with E-state index in [1.807, 2.05) is 0 Å². The summed E-state index contributed by atoms with van der Waals surface area (Å²) >= 11 is 6.10. The van der Waals surface area contributed by atoms with Gasteiger partial charge in [0.25, 0.3) is 17.5 Å². The Morgan fingerprint density at radius 2 is 1.91 bits per heavy atom. The summed E-state index contributed by atoms with van der Waals surface area (Å²) in [6.07, 6.45) is 1.18. The Bertz CT molecular complexity index is 1350. The second kappa shape index (κ2) is 8.60. The van der Waals surface area contributed by atoms with Crippen molar-refractivity contribution in [2.24, 2.45) is 0 Å². The number of benzene rings is 2. The molecule has 0 aliphatic carbocycles. The van der Waals surface area contributed by atoms with Gasteiger partial charge in [-0.15, -0.1) is 0 Å². The molecule has 3 aromatic rings. The predicted molar refractivity (Wildman–Crippen MR) is 118 cm³/mol. The van der Waals surface area contributed by atoms with Crippen molar-refractivity contribution >= 4 is 46.9 Å². The first-order valence-corrected chi connectivity index (χ1v) is 9.76. The lowest BCUT2D eigenvalue weighted by molar-refractivity contribution is -0.384. The molecule has 1 fully saturated rings. The highest BCUT2D eigenvalue weighted by molar-refractivity contribution is 6.39. The zero-order valence-electron chi connectivity index (χ0n) is 16.9. The number of hydrogen-bond acceptors (Lipinski definition) is 7. The van der Waals surface area contributed by atoms with Crippen LogP contribution in [0.2, 0.25) is 5.02 Å². The highest BCUT2D eigenvalue weighted by Crippen LogP contribution is 2.31. The van der Waals surface area contributed by atoms with Crippen LogP contribution in [0.15, 0.2) is 64.6 Å². The van der Waals surface area contributed by atoms with Gasteiger partial charge in [0.05, 0.1) is 22.7 Å². The maximum atomic E-state index is 13.0. The summed E-state index contributed by atoms with van der Waals surface area (Å²) in [5, 5.41) is 13.3. The second-order valence-corrected chi connectivity index (χ2v) is 7.19. The first-order valence-electron chi connectivity index (χ1n) is 9.38. The van der Waals surface area contributed by atoms with Crippen molar-refractivity contribution in [3.05, 3.63) is 81.1 Å². The van der Waals surface area contributed by atoms with Crippen LogP contribution in [0, 0.1) is 10.1 Å². The van der Waals surface area contributed by atoms with Crippen molar-refractivity contribution in [1.82, 2.24) is 5.32 Å². The van der Waals surface area contributed by atoms with Crippen LogP contribution >= 0.6 is 11.6 Å². The number of barbiturate groups is 1. The van der Waals surface area contributed by atoms with Gasteiger partial charge in [-0.3, -0.25) is 25.0 Å². The number of anilines is 1. The molecule has 1 saturated heterocycles. The molecule has 2 aromatic carbocycles. The minimum Gasteiger partial charge on any atom is -0.495 e. The molecule has 0 bridgehead atoms. The van der Waals surface area contributed by atoms with Crippen LogP contribution in [0.5, 0.6) is 5.75 Å². The lowest BCUT2D eigenvalue weighted by Crippen LogP contribution is -2.54. The smallest absolute Gasteiger partial charge is 0.335 e. The van der Waals surface area contributed by atoms with Crippen LogP contribution in [0.1, 0.15) is 5.76 Å². The van der Waals surface area contributed by atoms with Gasteiger partial charge in [0.15, 0.2) is 0 Å². The molecule has 166 valence electrons. The number of carbonyl (C=O) groups excluding carboxylic acids is 3. The summed E-state index contributed by atoms with van der Waals surface area (Å²) in [6.45, 7) is 0. The Balaban J connectivity index is 1.67. The van der Waals surface area contributed by atoms with Crippen LogP contribution in [0.25, 0.3) is 17.4 Å². The number of imide groups is 2. The van der Waals surface area contributed by atoms with Crippen molar-refractivity contribution in [2.75, 3.05) is 12.0 Å². The molecule has 11 heteroatoms. The van der Waals surface area contributed by atoms with Gasteiger partial charge < -0.3 is 9.15 Å². The summed E-state index contributed by atoms with van der Waals surface area (Å²) in [4.78, 5) is 48.9. The number of methoxy groups -OCH3 is 1. The van der Waals surface area contributed by atoms with E-state index < -0.39 is 22.8 Å². The Labute approximate surface area is 191 Å². The molecule has 4 amide bonds. The number of furan rings is 1. The van der Waals surface area contributed by atoms with E-state index in [2.05, 4.69) is 5.32 Å². The number of hydrogen-bond donors (Lipinski definition) is 1. The summed E-state index contributed by atoms with van der Waals surface area (Å²) < 4.78 is 10.7. The van der Waals surface area contributed by atoms with E-state index in [0.29, 0.717) is 17.1 Å². The fourth-order valence-corrected chi connectivity index (χ4v) is 3.44. The van der Waals surface area contributed by atoms with Gasteiger partial charge in [0.1, 0.15) is 22.8 Å². The zero-order chi connectivity index (χ0) is 23.7. The molecular weight excluding hydrogens is 454 g/mol. The lowest BCUT2D eigenvalue weighted by atomic mass is 10.1. The fourth-order valence-electron chi connectivity index (χ4n) is 3.19. The molecule has 0 saturated carbocycles. The van der Waals surface area contributed by atoms with E-state index >= 15 is 0 Å². The molecule has 0 unspecified atom stereocenters. The molecule has 1 N–H and O–H groups in total. The number of nitro benzene ring substituents is 1. The maximum absolute atomic E-state index is 13.0. The average molecular weight is 468 g/mol. The molecule has 2 heterocycles. The van der Waals surface area contributed by atoms with E-state index in [-0.39, 0.29) is 27.7 Å². The predicted octanol–water partition coefficient (Wildman–Crippen LogP) is 4.18. The molecule has 1 aliphatic rings.